The maximum absolute atomic E-state index is 13.3. The number of hydrogen-bond acceptors (Lipinski definition) is 7. The Balaban J connectivity index is 1.60. The van der Waals surface area contributed by atoms with E-state index < -0.39 is 15.3 Å². The number of aryl methyl sites for hydroxylation is 1. The molecule has 3 atom stereocenters. The number of rotatable bonds is 7. The first kappa shape index (κ1) is 23.6. The first-order valence-corrected chi connectivity index (χ1v) is 13.0. The first-order valence-electron chi connectivity index (χ1n) is 11.5. The Kier molecular flexibility index (Phi) is 6.69. The second-order valence-electron chi connectivity index (χ2n) is 8.92. The van der Waals surface area contributed by atoms with E-state index in [1.54, 1.807) is 18.5 Å². The van der Waals surface area contributed by atoms with Crippen molar-refractivity contribution < 1.29 is 8.42 Å². The minimum atomic E-state index is -3.57. The number of sulfonamides is 1. The van der Waals surface area contributed by atoms with Crippen LogP contribution in [0.5, 0.6) is 0 Å². The third-order valence-corrected chi connectivity index (χ3v) is 8.71. The number of allylic oxidation sites excluding steroid dienone is 3. The van der Waals surface area contributed by atoms with Gasteiger partial charge in [0.2, 0.25) is 10.0 Å². The lowest BCUT2D eigenvalue weighted by molar-refractivity contribution is 0.268. The van der Waals surface area contributed by atoms with Crippen LogP contribution in [0.25, 0.3) is 16.8 Å². The lowest BCUT2D eigenvalue weighted by Gasteiger charge is -2.30. The summed E-state index contributed by atoms with van der Waals surface area (Å²) in [6.07, 6.45) is 9.08. The van der Waals surface area contributed by atoms with E-state index in [2.05, 4.69) is 31.7 Å². The van der Waals surface area contributed by atoms with Gasteiger partial charge in [-0.05, 0) is 50.9 Å². The molecule has 3 heterocycles. The van der Waals surface area contributed by atoms with Crippen LogP contribution in [0.3, 0.4) is 0 Å². The van der Waals surface area contributed by atoms with Gasteiger partial charge in [0.15, 0.2) is 0 Å². The minimum Gasteiger partial charge on any atom is -0.382 e. The lowest BCUT2D eigenvalue weighted by atomic mass is 9.86. The molecular formula is C23H33N7O2S. The zero-order chi connectivity index (χ0) is 23.8. The smallest absolute Gasteiger partial charge is 0.218 e. The van der Waals surface area contributed by atoms with Crippen molar-refractivity contribution in [1.82, 2.24) is 29.8 Å². The highest BCUT2D eigenvalue weighted by atomic mass is 32.2. The summed E-state index contributed by atoms with van der Waals surface area (Å²) < 4.78 is 29.5. The van der Waals surface area contributed by atoms with Gasteiger partial charge in [0.1, 0.15) is 16.8 Å². The monoisotopic (exact) mass is 471 g/mol. The zero-order valence-corrected chi connectivity index (χ0v) is 20.5. The molecule has 0 aromatic carbocycles. The van der Waals surface area contributed by atoms with Gasteiger partial charge in [-0.25, -0.2) is 23.1 Å². The fourth-order valence-electron chi connectivity index (χ4n) is 4.99. The number of anilines is 1. The van der Waals surface area contributed by atoms with Gasteiger partial charge in [0, 0.05) is 29.8 Å². The summed E-state index contributed by atoms with van der Waals surface area (Å²) in [5.74, 6) is 0.0120. The number of likely N-dealkylation sites (tertiary alicyclic amines) is 1. The van der Waals surface area contributed by atoms with Crippen LogP contribution in [0.15, 0.2) is 30.1 Å². The highest BCUT2D eigenvalue weighted by Gasteiger charge is 2.36. The molecule has 2 unspecified atom stereocenters. The van der Waals surface area contributed by atoms with Gasteiger partial charge in [-0.3, -0.25) is 10.00 Å². The second kappa shape index (κ2) is 9.36. The molecule has 1 fully saturated rings. The molecule has 4 N–H and O–H groups in total. The Hall–Kier alpha value is -2.56. The Morgan fingerprint density at radius 1 is 1.30 bits per heavy atom. The van der Waals surface area contributed by atoms with E-state index in [4.69, 9.17) is 10.7 Å². The van der Waals surface area contributed by atoms with Crippen molar-refractivity contribution >= 4 is 21.4 Å². The molecule has 0 bridgehead atoms. The highest BCUT2D eigenvalue weighted by Crippen LogP contribution is 2.37. The Labute approximate surface area is 195 Å². The molecule has 0 spiro atoms. The molecular weight excluding hydrogens is 438 g/mol. The van der Waals surface area contributed by atoms with Crippen LogP contribution in [-0.2, 0) is 10.0 Å². The van der Waals surface area contributed by atoms with Crippen molar-refractivity contribution in [2.24, 2.45) is 5.92 Å². The quantitative estimate of drug-likeness (QED) is 0.566. The molecule has 2 aromatic rings. The Bertz CT molecular complexity index is 1190. The molecule has 1 saturated heterocycles. The van der Waals surface area contributed by atoms with Crippen LogP contribution >= 0.6 is 0 Å². The van der Waals surface area contributed by atoms with Crippen LogP contribution in [0, 0.1) is 12.8 Å². The number of nitrogens with zero attached hydrogens (tertiary/aromatic N) is 4. The molecule has 0 radical (unpaired) electrons. The number of aromatic nitrogens is 4. The molecule has 10 heteroatoms. The second-order valence-corrected chi connectivity index (χ2v) is 10.8. The average Bonchev–Trinajstić information content (AvgIpc) is 3.41. The van der Waals surface area contributed by atoms with E-state index in [9.17, 15) is 8.42 Å². The maximum Gasteiger partial charge on any atom is 0.218 e. The van der Waals surface area contributed by atoms with Gasteiger partial charge in [-0.15, -0.1) is 0 Å². The van der Waals surface area contributed by atoms with Crippen molar-refractivity contribution in [3.63, 3.8) is 0 Å². The van der Waals surface area contributed by atoms with E-state index in [1.807, 2.05) is 26.8 Å². The van der Waals surface area contributed by atoms with Gasteiger partial charge in [0.25, 0.3) is 0 Å². The normalized spacial score (nSPS) is 24.1. The predicted molar refractivity (Wildman–Crippen MR) is 131 cm³/mol. The molecule has 2 aliphatic rings. The molecule has 1 aliphatic carbocycles. The standard InChI is InChI=1S/C23H33N7O2S/c1-5-30-10-6-7-17(30)11-27-33(31,32)20-9-8-14(2)21(15(20)3)19-13-25-23(24)22(28-19)18-12-26-29-16(18)4/h8-9,12-13,15,17,20,27H,5-7,10-11H2,1-4H3,(H2,24,25)(H,26,29)/t15?,17-,20?/m0/s1. The van der Waals surface area contributed by atoms with Crippen LogP contribution in [-0.4, -0.2) is 64.4 Å². The van der Waals surface area contributed by atoms with Crippen molar-refractivity contribution in [3.8, 4) is 11.3 Å². The molecule has 9 nitrogen and oxygen atoms in total. The van der Waals surface area contributed by atoms with Gasteiger partial charge in [-0.1, -0.05) is 26.0 Å². The van der Waals surface area contributed by atoms with E-state index >= 15 is 0 Å². The van der Waals surface area contributed by atoms with Crippen LogP contribution in [0.1, 0.15) is 45.0 Å². The van der Waals surface area contributed by atoms with Gasteiger partial charge >= 0.3 is 0 Å². The summed E-state index contributed by atoms with van der Waals surface area (Å²) in [7, 11) is -3.57. The summed E-state index contributed by atoms with van der Waals surface area (Å²) in [6, 6.07) is 0.258. The number of hydrogen-bond donors (Lipinski definition) is 3. The van der Waals surface area contributed by atoms with Gasteiger partial charge < -0.3 is 5.73 Å². The minimum absolute atomic E-state index is 0.258. The maximum atomic E-state index is 13.3. The van der Waals surface area contributed by atoms with E-state index in [0.29, 0.717) is 23.8 Å². The number of aromatic amines is 1. The molecule has 0 amide bonds. The molecule has 0 saturated carbocycles. The summed E-state index contributed by atoms with van der Waals surface area (Å²) in [5, 5.41) is 6.26. The fraction of sp³-hybridized carbons (Fsp3) is 0.522. The number of nitrogen functional groups attached to an aromatic ring is 1. The van der Waals surface area contributed by atoms with E-state index in [-0.39, 0.29) is 12.0 Å². The number of likely N-dealkylation sites (N-methyl/N-ethyl adjacent to an activating group) is 1. The number of H-pyrrole nitrogens is 1. The fourth-order valence-corrected chi connectivity index (χ4v) is 6.57. The Morgan fingerprint density at radius 3 is 2.79 bits per heavy atom. The highest BCUT2D eigenvalue weighted by molar-refractivity contribution is 7.90. The number of nitrogens with two attached hydrogens (primary N) is 1. The van der Waals surface area contributed by atoms with Crippen molar-refractivity contribution in [1.29, 1.82) is 0 Å². The molecule has 33 heavy (non-hydrogen) atoms. The van der Waals surface area contributed by atoms with E-state index in [0.717, 1.165) is 48.3 Å². The lowest BCUT2D eigenvalue weighted by Crippen LogP contribution is -2.44. The summed E-state index contributed by atoms with van der Waals surface area (Å²) >= 11 is 0. The van der Waals surface area contributed by atoms with Crippen LogP contribution < -0.4 is 10.5 Å². The topological polar surface area (TPSA) is 130 Å². The third-order valence-electron chi connectivity index (χ3n) is 6.85. The Morgan fingerprint density at radius 2 is 2.09 bits per heavy atom. The van der Waals surface area contributed by atoms with Gasteiger partial charge in [0.05, 0.1) is 18.1 Å². The summed E-state index contributed by atoms with van der Waals surface area (Å²) in [6.45, 7) is 10.3. The molecule has 2 aromatic heterocycles. The van der Waals surface area contributed by atoms with Crippen LogP contribution in [0.2, 0.25) is 0 Å². The van der Waals surface area contributed by atoms with Crippen molar-refractivity contribution in [3.05, 3.63) is 41.5 Å². The summed E-state index contributed by atoms with van der Waals surface area (Å²) in [5.41, 5.74) is 10.7. The van der Waals surface area contributed by atoms with Gasteiger partial charge in [-0.2, -0.15) is 5.10 Å². The van der Waals surface area contributed by atoms with E-state index in [1.165, 1.54) is 0 Å². The van der Waals surface area contributed by atoms with Crippen LogP contribution in [0.4, 0.5) is 5.82 Å². The first-order chi connectivity index (χ1) is 15.7. The summed E-state index contributed by atoms with van der Waals surface area (Å²) in [4.78, 5) is 11.5. The average molecular weight is 472 g/mol. The molecule has 178 valence electrons. The number of nitrogens with one attached hydrogen (secondary N) is 2. The van der Waals surface area contributed by atoms with Crippen molar-refractivity contribution in [2.75, 3.05) is 25.4 Å². The van der Waals surface area contributed by atoms with Crippen molar-refractivity contribution in [2.45, 2.75) is 51.8 Å². The molecule has 4 rings (SSSR count). The third kappa shape index (κ3) is 4.60. The largest absolute Gasteiger partial charge is 0.382 e. The zero-order valence-electron chi connectivity index (χ0n) is 19.7. The molecule has 1 aliphatic heterocycles. The predicted octanol–water partition coefficient (Wildman–Crippen LogP) is 2.51. The SMILES string of the molecule is CCN1CCC[C@H]1CNS(=O)(=O)C1C=CC(C)=C(c2cnc(N)c(-c3cn[nH]c3C)n2)C1C.